The van der Waals surface area contributed by atoms with Crippen molar-refractivity contribution in [2.45, 2.75) is 77.7 Å². The van der Waals surface area contributed by atoms with Gasteiger partial charge in [-0.2, -0.15) is 0 Å². The molecular formula is C20H37N3O2. The van der Waals surface area contributed by atoms with E-state index in [0.717, 1.165) is 32.4 Å². The summed E-state index contributed by atoms with van der Waals surface area (Å²) in [6.07, 6.45) is 10.6. The highest BCUT2D eigenvalue weighted by Crippen LogP contribution is 2.19. The average molecular weight is 352 g/mol. The molecule has 0 radical (unpaired) electrons. The molecule has 1 saturated heterocycles. The molecule has 2 unspecified atom stereocenters. The molecule has 0 bridgehead atoms. The first kappa shape index (κ1) is 20.2. The second kappa shape index (κ2) is 10.8. The summed E-state index contributed by atoms with van der Waals surface area (Å²) < 4.78 is 0. The molecule has 2 aliphatic rings. The van der Waals surface area contributed by atoms with Crippen LogP contribution in [0.2, 0.25) is 0 Å². The molecule has 2 fully saturated rings. The Morgan fingerprint density at radius 2 is 1.76 bits per heavy atom. The van der Waals surface area contributed by atoms with Crippen molar-refractivity contribution in [2.75, 3.05) is 26.2 Å². The largest absolute Gasteiger partial charge is 0.355 e. The van der Waals surface area contributed by atoms with Crippen LogP contribution >= 0.6 is 0 Å². The minimum atomic E-state index is -0.0420. The average Bonchev–Trinajstić information content (AvgIpc) is 2.92. The molecular weight excluding hydrogens is 314 g/mol. The van der Waals surface area contributed by atoms with Gasteiger partial charge in [-0.3, -0.25) is 9.59 Å². The Morgan fingerprint density at radius 3 is 2.44 bits per heavy atom. The molecule has 5 nitrogen and oxygen atoms in total. The third kappa shape index (κ3) is 6.61. The zero-order valence-corrected chi connectivity index (χ0v) is 16.2. The fraction of sp³-hybridized carbons (Fsp3) is 0.900. The molecule has 1 aliphatic heterocycles. The second-order valence-electron chi connectivity index (χ2n) is 7.87. The lowest BCUT2D eigenvalue weighted by atomic mass is 9.95. The van der Waals surface area contributed by atoms with Gasteiger partial charge in [0.25, 0.3) is 0 Å². The van der Waals surface area contributed by atoms with Crippen molar-refractivity contribution in [3.8, 4) is 0 Å². The lowest BCUT2D eigenvalue weighted by molar-refractivity contribution is -0.138. The minimum Gasteiger partial charge on any atom is -0.355 e. The molecule has 0 aromatic carbocycles. The summed E-state index contributed by atoms with van der Waals surface area (Å²) in [6.45, 7) is 6.94. The van der Waals surface area contributed by atoms with E-state index in [1.165, 1.54) is 38.5 Å². The van der Waals surface area contributed by atoms with Crippen molar-refractivity contribution in [3.05, 3.63) is 0 Å². The van der Waals surface area contributed by atoms with E-state index in [-0.39, 0.29) is 23.7 Å². The standard InChI is InChI=1S/C20H37N3O2/c1-3-16(2)20(25)23-14-8-9-17(15-23)19(24)22-13-12-21-18-10-6-4-5-7-11-18/h16-18,21H,3-15H2,1-2H3,(H,22,24). The number of carbonyl (C=O) groups excluding carboxylic acids is 2. The SMILES string of the molecule is CCC(C)C(=O)N1CCCC(C(=O)NCCNC2CCCCCC2)C1. The molecule has 1 saturated carbocycles. The van der Waals surface area contributed by atoms with Crippen molar-refractivity contribution >= 4 is 11.8 Å². The summed E-state index contributed by atoms with van der Waals surface area (Å²) in [5.41, 5.74) is 0. The summed E-state index contributed by atoms with van der Waals surface area (Å²) in [7, 11) is 0. The van der Waals surface area contributed by atoms with Gasteiger partial charge in [0.15, 0.2) is 0 Å². The van der Waals surface area contributed by atoms with Crippen molar-refractivity contribution in [1.82, 2.24) is 15.5 Å². The number of hydrogen-bond acceptors (Lipinski definition) is 3. The predicted molar refractivity (Wildman–Crippen MR) is 101 cm³/mol. The van der Waals surface area contributed by atoms with E-state index in [9.17, 15) is 9.59 Å². The molecule has 0 aromatic rings. The zero-order chi connectivity index (χ0) is 18.1. The van der Waals surface area contributed by atoms with Crippen LogP contribution in [0.15, 0.2) is 0 Å². The molecule has 2 rings (SSSR count). The highest BCUT2D eigenvalue weighted by atomic mass is 16.2. The Bertz CT molecular complexity index is 419. The fourth-order valence-electron chi connectivity index (χ4n) is 3.97. The molecule has 2 amide bonds. The Morgan fingerprint density at radius 1 is 1.04 bits per heavy atom. The highest BCUT2D eigenvalue weighted by Gasteiger charge is 2.29. The van der Waals surface area contributed by atoms with Crippen LogP contribution in [0, 0.1) is 11.8 Å². The van der Waals surface area contributed by atoms with Gasteiger partial charge < -0.3 is 15.5 Å². The number of rotatable bonds is 7. The van der Waals surface area contributed by atoms with E-state index in [2.05, 4.69) is 10.6 Å². The predicted octanol–water partition coefficient (Wildman–Crippen LogP) is 2.70. The van der Waals surface area contributed by atoms with Crippen LogP contribution in [0.3, 0.4) is 0 Å². The van der Waals surface area contributed by atoms with Crippen LogP contribution in [-0.2, 0) is 9.59 Å². The number of nitrogens with zero attached hydrogens (tertiary/aromatic N) is 1. The Hall–Kier alpha value is -1.10. The molecule has 25 heavy (non-hydrogen) atoms. The van der Waals surface area contributed by atoms with Gasteiger partial charge in [0, 0.05) is 38.1 Å². The number of likely N-dealkylation sites (tertiary alicyclic amines) is 1. The minimum absolute atomic E-state index is 0.0420. The first-order valence-electron chi connectivity index (χ1n) is 10.4. The Labute approximate surface area is 153 Å². The van der Waals surface area contributed by atoms with E-state index >= 15 is 0 Å². The van der Waals surface area contributed by atoms with Crippen molar-refractivity contribution in [2.24, 2.45) is 11.8 Å². The van der Waals surface area contributed by atoms with E-state index in [4.69, 9.17) is 0 Å². The number of carbonyl (C=O) groups is 2. The lowest BCUT2D eigenvalue weighted by Crippen LogP contribution is -2.47. The molecule has 144 valence electrons. The smallest absolute Gasteiger partial charge is 0.225 e. The van der Waals surface area contributed by atoms with Crippen LogP contribution in [-0.4, -0.2) is 48.9 Å². The molecule has 1 aliphatic carbocycles. The first-order valence-corrected chi connectivity index (χ1v) is 10.4. The van der Waals surface area contributed by atoms with Crippen LogP contribution < -0.4 is 10.6 Å². The zero-order valence-electron chi connectivity index (χ0n) is 16.2. The third-order valence-corrected chi connectivity index (χ3v) is 5.85. The second-order valence-corrected chi connectivity index (χ2v) is 7.87. The molecule has 5 heteroatoms. The van der Waals surface area contributed by atoms with Gasteiger partial charge >= 0.3 is 0 Å². The molecule has 0 aromatic heterocycles. The van der Waals surface area contributed by atoms with E-state index in [0.29, 0.717) is 19.1 Å². The summed E-state index contributed by atoms with van der Waals surface area (Å²) in [5, 5.41) is 6.66. The van der Waals surface area contributed by atoms with Crippen molar-refractivity contribution in [3.63, 3.8) is 0 Å². The molecule has 1 heterocycles. The lowest BCUT2D eigenvalue weighted by Gasteiger charge is -2.33. The number of hydrogen-bond donors (Lipinski definition) is 2. The van der Waals surface area contributed by atoms with Gasteiger partial charge in [0.1, 0.15) is 0 Å². The topological polar surface area (TPSA) is 61.4 Å². The van der Waals surface area contributed by atoms with Gasteiger partial charge in [0.05, 0.1) is 5.92 Å². The van der Waals surface area contributed by atoms with Crippen molar-refractivity contribution < 1.29 is 9.59 Å². The van der Waals surface area contributed by atoms with E-state index in [1.807, 2.05) is 18.7 Å². The molecule has 2 N–H and O–H groups in total. The third-order valence-electron chi connectivity index (χ3n) is 5.85. The summed E-state index contributed by atoms with van der Waals surface area (Å²) in [4.78, 5) is 26.7. The van der Waals surface area contributed by atoms with Crippen LogP contribution in [0.25, 0.3) is 0 Å². The first-order chi connectivity index (χ1) is 12.1. The van der Waals surface area contributed by atoms with E-state index < -0.39 is 0 Å². The summed E-state index contributed by atoms with van der Waals surface area (Å²) in [5.74, 6) is 0.338. The van der Waals surface area contributed by atoms with Crippen molar-refractivity contribution in [1.29, 1.82) is 0 Å². The fourth-order valence-corrected chi connectivity index (χ4v) is 3.97. The number of amides is 2. The summed E-state index contributed by atoms with van der Waals surface area (Å²) >= 11 is 0. The number of nitrogens with one attached hydrogen (secondary N) is 2. The summed E-state index contributed by atoms with van der Waals surface area (Å²) in [6, 6.07) is 0.623. The van der Waals surface area contributed by atoms with Gasteiger partial charge in [-0.25, -0.2) is 0 Å². The van der Waals surface area contributed by atoms with Crippen LogP contribution in [0.1, 0.15) is 71.6 Å². The highest BCUT2D eigenvalue weighted by molar-refractivity contribution is 5.82. The number of piperidine rings is 1. The molecule has 0 spiro atoms. The van der Waals surface area contributed by atoms with Gasteiger partial charge in [-0.1, -0.05) is 39.5 Å². The van der Waals surface area contributed by atoms with Crippen LogP contribution in [0.4, 0.5) is 0 Å². The maximum atomic E-state index is 12.4. The Kier molecular flexibility index (Phi) is 8.73. The van der Waals surface area contributed by atoms with Gasteiger partial charge in [-0.15, -0.1) is 0 Å². The monoisotopic (exact) mass is 351 g/mol. The maximum absolute atomic E-state index is 12.4. The quantitative estimate of drug-likeness (QED) is 0.548. The normalized spacial score (nSPS) is 23.8. The van der Waals surface area contributed by atoms with Gasteiger partial charge in [-0.05, 0) is 32.1 Å². The maximum Gasteiger partial charge on any atom is 0.225 e. The van der Waals surface area contributed by atoms with E-state index in [1.54, 1.807) is 0 Å². The van der Waals surface area contributed by atoms with Gasteiger partial charge in [0.2, 0.25) is 11.8 Å². The Balaban J connectivity index is 1.66. The molecule has 2 atom stereocenters. The van der Waals surface area contributed by atoms with Crippen LogP contribution in [0.5, 0.6) is 0 Å².